The highest BCUT2D eigenvalue weighted by molar-refractivity contribution is 7.94. The van der Waals surface area contributed by atoms with Crippen molar-refractivity contribution in [2.45, 2.75) is 17.6 Å². The lowest BCUT2D eigenvalue weighted by Gasteiger charge is -2.06. The number of halogens is 1. The van der Waals surface area contributed by atoms with Gasteiger partial charge >= 0.3 is 0 Å². The molecule has 0 aliphatic heterocycles. The Morgan fingerprint density at radius 3 is 2.52 bits per heavy atom. The maximum Gasteiger partial charge on any atom is 0.271 e. The van der Waals surface area contributed by atoms with Gasteiger partial charge in [-0.05, 0) is 55.9 Å². The highest BCUT2D eigenvalue weighted by Crippen LogP contribution is 2.24. The zero-order chi connectivity index (χ0) is 15.3. The second-order valence-corrected chi connectivity index (χ2v) is 7.95. The summed E-state index contributed by atoms with van der Waals surface area (Å²) in [4.78, 5) is 1.05. The lowest BCUT2D eigenvalue weighted by molar-refractivity contribution is 0.603. The van der Waals surface area contributed by atoms with E-state index >= 15 is 0 Å². The lowest BCUT2D eigenvalue weighted by Crippen LogP contribution is -2.15. The summed E-state index contributed by atoms with van der Waals surface area (Å²) < 4.78 is 27.4. The van der Waals surface area contributed by atoms with Crippen molar-refractivity contribution in [2.75, 3.05) is 17.8 Å². The van der Waals surface area contributed by atoms with E-state index in [0.717, 1.165) is 24.4 Å². The van der Waals surface area contributed by atoms with Crippen molar-refractivity contribution in [3.8, 4) is 0 Å². The highest BCUT2D eigenvalue weighted by Gasteiger charge is 2.16. The molecule has 4 nitrogen and oxygen atoms in total. The molecule has 2 rings (SSSR count). The van der Waals surface area contributed by atoms with Gasteiger partial charge in [0.15, 0.2) is 0 Å². The molecule has 0 spiro atoms. The number of thiophene rings is 1. The third kappa shape index (κ3) is 4.71. The molecule has 0 unspecified atom stereocenters. The summed E-state index contributed by atoms with van der Waals surface area (Å²) in [5.41, 5.74) is 0.502. The molecule has 0 radical (unpaired) electrons. The predicted molar refractivity (Wildman–Crippen MR) is 88.8 cm³/mol. The summed E-state index contributed by atoms with van der Waals surface area (Å²) in [5, 5.41) is 3.79. The number of hydrogen-bond donors (Lipinski definition) is 2. The molecule has 1 heterocycles. The Bertz CT molecular complexity index is 681. The van der Waals surface area contributed by atoms with E-state index < -0.39 is 10.0 Å². The Morgan fingerprint density at radius 1 is 1.14 bits per heavy atom. The summed E-state index contributed by atoms with van der Waals surface area (Å²) in [5.74, 6) is 0. The quantitative estimate of drug-likeness (QED) is 0.757. The van der Waals surface area contributed by atoms with Gasteiger partial charge in [0, 0.05) is 15.6 Å². The maximum atomic E-state index is 12.3. The molecule has 2 N–H and O–H groups in total. The van der Waals surface area contributed by atoms with Crippen LogP contribution in [0.4, 0.5) is 5.69 Å². The minimum absolute atomic E-state index is 0.323. The molecule has 1 aromatic carbocycles. The SMILES string of the molecule is CCNCCc1ccc(S(=O)(=O)Nc2ccc(Cl)cc2)s1. The molecule has 1 aromatic heterocycles. The van der Waals surface area contributed by atoms with Crippen LogP contribution in [0.2, 0.25) is 5.02 Å². The molecule has 0 saturated heterocycles. The summed E-state index contributed by atoms with van der Waals surface area (Å²) in [6.07, 6.45) is 0.828. The molecule has 0 aliphatic rings. The molecular weight excluding hydrogens is 328 g/mol. The summed E-state index contributed by atoms with van der Waals surface area (Å²) in [6.45, 7) is 3.80. The smallest absolute Gasteiger partial charge is 0.271 e. The average molecular weight is 345 g/mol. The fourth-order valence-corrected chi connectivity index (χ4v) is 4.29. The van der Waals surface area contributed by atoms with Gasteiger partial charge in [-0.25, -0.2) is 8.42 Å². The van der Waals surface area contributed by atoms with Crippen molar-refractivity contribution in [3.63, 3.8) is 0 Å². The average Bonchev–Trinajstić information content (AvgIpc) is 2.91. The molecule has 2 aromatic rings. The molecule has 7 heteroatoms. The van der Waals surface area contributed by atoms with Crippen molar-refractivity contribution in [3.05, 3.63) is 46.3 Å². The first-order chi connectivity index (χ1) is 10.0. The van der Waals surface area contributed by atoms with E-state index in [-0.39, 0.29) is 0 Å². The van der Waals surface area contributed by atoms with Gasteiger partial charge in [-0.2, -0.15) is 0 Å². The second-order valence-electron chi connectivity index (χ2n) is 4.44. The second kappa shape index (κ2) is 7.26. The Labute approximate surface area is 134 Å². The van der Waals surface area contributed by atoms with Gasteiger partial charge in [0.05, 0.1) is 0 Å². The van der Waals surface area contributed by atoms with Gasteiger partial charge in [0.1, 0.15) is 4.21 Å². The van der Waals surface area contributed by atoms with Crippen LogP contribution in [0.5, 0.6) is 0 Å². The van der Waals surface area contributed by atoms with Crippen molar-refractivity contribution >= 4 is 38.6 Å². The topological polar surface area (TPSA) is 58.2 Å². The summed E-state index contributed by atoms with van der Waals surface area (Å²) in [6, 6.07) is 10.1. The number of rotatable bonds is 7. The maximum absolute atomic E-state index is 12.3. The summed E-state index contributed by atoms with van der Waals surface area (Å²) >= 11 is 7.08. The molecule has 0 fully saturated rings. The van der Waals surface area contributed by atoms with E-state index in [2.05, 4.69) is 10.0 Å². The number of nitrogens with one attached hydrogen (secondary N) is 2. The van der Waals surface area contributed by atoms with Crippen LogP contribution in [0.3, 0.4) is 0 Å². The van der Waals surface area contributed by atoms with Gasteiger partial charge in [0.25, 0.3) is 10.0 Å². The van der Waals surface area contributed by atoms with Crippen LogP contribution in [0.1, 0.15) is 11.8 Å². The number of benzene rings is 1. The van der Waals surface area contributed by atoms with E-state index in [4.69, 9.17) is 11.6 Å². The Kier molecular flexibility index (Phi) is 5.64. The third-order valence-electron chi connectivity index (χ3n) is 2.80. The zero-order valence-electron chi connectivity index (χ0n) is 11.6. The van der Waals surface area contributed by atoms with Gasteiger partial charge in [-0.15, -0.1) is 11.3 Å². The number of sulfonamides is 1. The van der Waals surface area contributed by atoms with Crippen LogP contribution in [-0.2, 0) is 16.4 Å². The van der Waals surface area contributed by atoms with Crippen molar-refractivity contribution in [1.82, 2.24) is 5.32 Å². The highest BCUT2D eigenvalue weighted by atomic mass is 35.5. The van der Waals surface area contributed by atoms with E-state index in [1.165, 1.54) is 11.3 Å². The fraction of sp³-hybridized carbons (Fsp3) is 0.286. The zero-order valence-corrected chi connectivity index (χ0v) is 14.0. The van der Waals surface area contributed by atoms with Gasteiger partial charge in [-0.1, -0.05) is 18.5 Å². The Balaban J connectivity index is 2.07. The standard InChI is InChI=1S/C14H17ClN2O2S2/c1-2-16-10-9-13-7-8-14(20-13)21(18,19)17-12-5-3-11(15)4-6-12/h3-8,16-17H,2,9-10H2,1H3. The molecule has 114 valence electrons. The minimum Gasteiger partial charge on any atom is -0.317 e. The van der Waals surface area contributed by atoms with Gasteiger partial charge < -0.3 is 5.32 Å². The largest absolute Gasteiger partial charge is 0.317 e. The van der Waals surface area contributed by atoms with Crippen LogP contribution >= 0.6 is 22.9 Å². The van der Waals surface area contributed by atoms with Gasteiger partial charge in [-0.3, -0.25) is 4.72 Å². The molecule has 0 saturated carbocycles. The van der Waals surface area contributed by atoms with Crippen LogP contribution in [0.25, 0.3) is 0 Å². The third-order valence-corrected chi connectivity index (χ3v) is 6.07. The minimum atomic E-state index is -3.53. The molecule has 0 atom stereocenters. The van der Waals surface area contributed by atoms with Crippen molar-refractivity contribution in [1.29, 1.82) is 0 Å². The molecule has 0 bridgehead atoms. The Morgan fingerprint density at radius 2 is 1.86 bits per heavy atom. The number of hydrogen-bond acceptors (Lipinski definition) is 4. The van der Waals surface area contributed by atoms with Crippen LogP contribution in [0.15, 0.2) is 40.6 Å². The molecular formula is C14H17ClN2O2S2. The summed E-state index contributed by atoms with van der Waals surface area (Å²) in [7, 11) is -3.53. The first-order valence-electron chi connectivity index (χ1n) is 6.59. The fourth-order valence-electron chi connectivity index (χ4n) is 1.75. The van der Waals surface area contributed by atoms with Gasteiger partial charge in [0.2, 0.25) is 0 Å². The lowest BCUT2D eigenvalue weighted by atomic mass is 10.3. The van der Waals surface area contributed by atoms with Crippen LogP contribution in [-0.4, -0.2) is 21.5 Å². The number of likely N-dealkylation sites (N-methyl/N-ethyl adjacent to an activating group) is 1. The van der Waals surface area contributed by atoms with Crippen LogP contribution < -0.4 is 10.0 Å². The molecule has 21 heavy (non-hydrogen) atoms. The van der Waals surface area contributed by atoms with E-state index in [0.29, 0.717) is 14.9 Å². The van der Waals surface area contributed by atoms with Crippen molar-refractivity contribution < 1.29 is 8.42 Å². The first kappa shape index (κ1) is 16.3. The van der Waals surface area contributed by atoms with E-state index in [9.17, 15) is 8.42 Å². The number of anilines is 1. The molecule has 0 aliphatic carbocycles. The monoisotopic (exact) mass is 344 g/mol. The van der Waals surface area contributed by atoms with Crippen molar-refractivity contribution in [2.24, 2.45) is 0 Å². The Hall–Kier alpha value is -1.08. The first-order valence-corrected chi connectivity index (χ1v) is 9.27. The molecule has 0 amide bonds. The predicted octanol–water partition coefficient (Wildman–Crippen LogP) is 3.35. The van der Waals surface area contributed by atoms with Crippen LogP contribution in [0, 0.1) is 0 Å². The van der Waals surface area contributed by atoms with E-state index in [1.54, 1.807) is 30.3 Å². The van der Waals surface area contributed by atoms with E-state index in [1.807, 2.05) is 13.0 Å². The normalized spacial score (nSPS) is 11.5.